The summed E-state index contributed by atoms with van der Waals surface area (Å²) in [7, 11) is 1.61. The fourth-order valence-corrected chi connectivity index (χ4v) is 2.84. The maximum atomic E-state index is 11.3. The van der Waals surface area contributed by atoms with E-state index in [0.29, 0.717) is 13.0 Å². The van der Waals surface area contributed by atoms with E-state index in [1.807, 2.05) is 13.8 Å². The fraction of sp³-hybridized carbons (Fsp3) is 0.846. The number of carboxylic acids is 1. The van der Waals surface area contributed by atoms with E-state index in [9.17, 15) is 14.7 Å². The molecule has 3 N–H and O–H groups in total. The molecule has 5 heteroatoms. The Bertz CT molecular complexity index is 328. The van der Waals surface area contributed by atoms with Gasteiger partial charge < -0.3 is 15.7 Å². The quantitative estimate of drug-likeness (QED) is 0.696. The number of carbonyl (C=O) groups is 2. The Morgan fingerprint density at radius 3 is 2.44 bits per heavy atom. The highest BCUT2D eigenvalue weighted by Crippen LogP contribution is 2.44. The first kappa shape index (κ1) is 15.0. The van der Waals surface area contributed by atoms with Crippen LogP contribution in [0.3, 0.4) is 0 Å². The predicted molar refractivity (Wildman–Crippen MR) is 69.2 cm³/mol. The van der Waals surface area contributed by atoms with E-state index in [2.05, 4.69) is 17.6 Å². The van der Waals surface area contributed by atoms with E-state index in [0.717, 1.165) is 6.42 Å². The minimum absolute atomic E-state index is 0.0413. The van der Waals surface area contributed by atoms with Gasteiger partial charge in [0, 0.05) is 13.1 Å². The minimum Gasteiger partial charge on any atom is -0.481 e. The molecule has 1 fully saturated rings. The number of hydrogen-bond donors (Lipinski definition) is 3. The van der Waals surface area contributed by atoms with Gasteiger partial charge in [0.2, 0.25) is 5.91 Å². The number of nitrogens with one attached hydrogen (secondary N) is 2. The van der Waals surface area contributed by atoms with Crippen LogP contribution in [0.2, 0.25) is 0 Å². The summed E-state index contributed by atoms with van der Waals surface area (Å²) in [6, 6.07) is 0.202. The minimum atomic E-state index is -0.711. The highest BCUT2D eigenvalue weighted by atomic mass is 16.4. The summed E-state index contributed by atoms with van der Waals surface area (Å²) >= 11 is 0. The zero-order valence-electron chi connectivity index (χ0n) is 11.6. The van der Waals surface area contributed by atoms with Gasteiger partial charge in [-0.3, -0.25) is 9.59 Å². The van der Waals surface area contributed by atoms with Gasteiger partial charge in [0.1, 0.15) is 0 Å². The van der Waals surface area contributed by atoms with Gasteiger partial charge in [-0.25, -0.2) is 0 Å². The van der Waals surface area contributed by atoms with Crippen LogP contribution in [0, 0.1) is 17.3 Å². The lowest BCUT2D eigenvalue weighted by molar-refractivity contribution is -0.150. The number of carbonyl (C=O) groups excluding carboxylic acids is 1. The van der Waals surface area contributed by atoms with Gasteiger partial charge in [-0.2, -0.15) is 0 Å². The smallest absolute Gasteiger partial charge is 0.307 e. The molecule has 0 aromatic rings. The number of hydrogen-bond acceptors (Lipinski definition) is 3. The maximum absolute atomic E-state index is 11.3. The summed E-state index contributed by atoms with van der Waals surface area (Å²) < 4.78 is 0. The first-order chi connectivity index (χ1) is 8.30. The van der Waals surface area contributed by atoms with Crippen LogP contribution in [0.25, 0.3) is 0 Å². The molecule has 0 heterocycles. The molecule has 0 radical (unpaired) electrons. The molecule has 5 nitrogen and oxygen atoms in total. The van der Waals surface area contributed by atoms with E-state index >= 15 is 0 Å². The Labute approximate surface area is 108 Å². The van der Waals surface area contributed by atoms with E-state index in [4.69, 9.17) is 0 Å². The average Bonchev–Trinajstić information content (AvgIpc) is 2.30. The zero-order chi connectivity index (χ0) is 13.9. The van der Waals surface area contributed by atoms with Gasteiger partial charge in [-0.05, 0) is 24.2 Å². The summed E-state index contributed by atoms with van der Waals surface area (Å²) in [5, 5.41) is 15.1. The number of carboxylic acid groups (broad SMARTS) is 1. The Hall–Kier alpha value is -1.10. The van der Waals surface area contributed by atoms with Crippen molar-refractivity contribution in [3.63, 3.8) is 0 Å². The van der Waals surface area contributed by atoms with Crippen LogP contribution in [0.15, 0.2) is 0 Å². The molecular formula is C13H24N2O3. The van der Waals surface area contributed by atoms with Crippen molar-refractivity contribution >= 4 is 11.9 Å². The lowest BCUT2D eigenvalue weighted by Crippen LogP contribution is -2.52. The van der Waals surface area contributed by atoms with Crippen molar-refractivity contribution in [1.29, 1.82) is 0 Å². The Morgan fingerprint density at radius 1 is 1.33 bits per heavy atom. The molecule has 18 heavy (non-hydrogen) atoms. The number of aliphatic carboxylic acids is 1. The van der Waals surface area contributed by atoms with Crippen LogP contribution < -0.4 is 10.6 Å². The summed E-state index contributed by atoms with van der Waals surface area (Å²) in [6.45, 7) is 6.37. The molecule has 1 amide bonds. The van der Waals surface area contributed by atoms with Crippen LogP contribution in [0.5, 0.6) is 0 Å². The van der Waals surface area contributed by atoms with Gasteiger partial charge in [-0.15, -0.1) is 0 Å². The second kappa shape index (κ2) is 5.69. The third-order valence-corrected chi connectivity index (χ3v) is 4.54. The van der Waals surface area contributed by atoms with E-state index < -0.39 is 5.97 Å². The second-order valence-electron chi connectivity index (χ2n) is 5.74. The van der Waals surface area contributed by atoms with Crippen molar-refractivity contribution in [2.75, 3.05) is 13.6 Å². The van der Waals surface area contributed by atoms with E-state index in [-0.39, 0.29) is 29.2 Å². The number of likely N-dealkylation sites (N-methyl/N-ethyl adjacent to an activating group) is 1. The first-order valence-electron chi connectivity index (χ1n) is 6.47. The highest BCUT2D eigenvalue weighted by molar-refractivity contribution is 5.77. The van der Waals surface area contributed by atoms with E-state index in [1.165, 1.54) is 0 Å². The normalized spacial score (nSPS) is 30.8. The molecular weight excluding hydrogens is 232 g/mol. The second-order valence-corrected chi connectivity index (χ2v) is 5.74. The van der Waals surface area contributed by atoms with Crippen molar-refractivity contribution in [3.05, 3.63) is 0 Å². The molecule has 0 bridgehead atoms. The molecule has 3 atom stereocenters. The van der Waals surface area contributed by atoms with Gasteiger partial charge in [-0.1, -0.05) is 20.8 Å². The molecule has 1 rings (SSSR count). The largest absolute Gasteiger partial charge is 0.481 e. The van der Waals surface area contributed by atoms with E-state index in [1.54, 1.807) is 7.05 Å². The first-order valence-corrected chi connectivity index (χ1v) is 6.47. The Morgan fingerprint density at radius 2 is 1.94 bits per heavy atom. The molecule has 0 aliphatic heterocycles. The van der Waals surface area contributed by atoms with Crippen molar-refractivity contribution in [3.8, 4) is 0 Å². The van der Waals surface area contributed by atoms with Crippen LogP contribution in [-0.4, -0.2) is 36.6 Å². The molecule has 0 spiro atoms. The van der Waals surface area contributed by atoms with Gasteiger partial charge in [0.25, 0.3) is 0 Å². The maximum Gasteiger partial charge on any atom is 0.307 e. The van der Waals surface area contributed by atoms with Crippen molar-refractivity contribution in [2.45, 2.75) is 39.7 Å². The molecule has 0 aromatic carbocycles. The molecule has 1 aliphatic rings. The highest BCUT2D eigenvalue weighted by Gasteiger charge is 2.46. The summed E-state index contributed by atoms with van der Waals surface area (Å²) in [6.07, 6.45) is 1.47. The standard InChI is InChI=1S/C13H24N2O3/c1-8-10(15-7-11(16)14-4)6-5-9(12(17)18)13(8,2)3/h8-10,15H,5-7H2,1-4H3,(H,14,16)(H,17,18). The topological polar surface area (TPSA) is 78.4 Å². The molecule has 1 aliphatic carbocycles. The van der Waals surface area contributed by atoms with Crippen molar-refractivity contribution < 1.29 is 14.7 Å². The Balaban J connectivity index is 2.66. The number of amides is 1. The number of rotatable bonds is 4. The van der Waals surface area contributed by atoms with Crippen LogP contribution >= 0.6 is 0 Å². The molecule has 104 valence electrons. The zero-order valence-corrected chi connectivity index (χ0v) is 11.6. The van der Waals surface area contributed by atoms with Crippen molar-refractivity contribution in [1.82, 2.24) is 10.6 Å². The predicted octanol–water partition coefficient (Wildman–Crippen LogP) is 0.847. The summed E-state index contributed by atoms with van der Waals surface area (Å²) in [5.41, 5.74) is -0.259. The molecule has 0 aromatic heterocycles. The fourth-order valence-electron chi connectivity index (χ4n) is 2.84. The summed E-state index contributed by atoms with van der Waals surface area (Å²) in [5.74, 6) is -0.834. The third kappa shape index (κ3) is 3.02. The lowest BCUT2D eigenvalue weighted by Gasteiger charge is -2.46. The SMILES string of the molecule is CNC(=O)CNC1CCC(C(=O)O)C(C)(C)C1C. The van der Waals surface area contributed by atoms with Gasteiger partial charge in [0.05, 0.1) is 12.5 Å². The van der Waals surface area contributed by atoms with Gasteiger partial charge >= 0.3 is 5.97 Å². The molecule has 1 saturated carbocycles. The van der Waals surface area contributed by atoms with Crippen LogP contribution in [-0.2, 0) is 9.59 Å². The van der Waals surface area contributed by atoms with Crippen LogP contribution in [0.4, 0.5) is 0 Å². The summed E-state index contributed by atoms with van der Waals surface area (Å²) in [4.78, 5) is 22.5. The van der Waals surface area contributed by atoms with Crippen LogP contribution in [0.1, 0.15) is 33.6 Å². The lowest BCUT2D eigenvalue weighted by atomic mass is 9.61. The Kier molecular flexibility index (Phi) is 4.73. The van der Waals surface area contributed by atoms with Gasteiger partial charge in [0.15, 0.2) is 0 Å². The molecule has 3 unspecified atom stereocenters. The third-order valence-electron chi connectivity index (χ3n) is 4.54. The molecule has 0 saturated heterocycles. The monoisotopic (exact) mass is 256 g/mol. The average molecular weight is 256 g/mol. The van der Waals surface area contributed by atoms with Crippen molar-refractivity contribution in [2.24, 2.45) is 17.3 Å².